The van der Waals surface area contributed by atoms with E-state index in [9.17, 15) is 14.4 Å². The van der Waals surface area contributed by atoms with Gasteiger partial charge in [-0.25, -0.2) is 9.89 Å². The molecule has 1 amide bonds. The number of pyridine rings is 1. The number of carbonyl (C=O) groups is 2. The van der Waals surface area contributed by atoms with Crippen molar-refractivity contribution in [1.82, 2.24) is 20.1 Å². The van der Waals surface area contributed by atoms with E-state index in [-0.39, 0.29) is 41.7 Å². The smallest absolute Gasteiger partial charge is 0.341 e. The number of aryl methyl sites for hydroxylation is 1. The lowest BCUT2D eigenvalue weighted by Gasteiger charge is -2.20. The number of nitrogens with one attached hydrogen (secondary N) is 2. The van der Waals surface area contributed by atoms with Crippen LogP contribution in [0.25, 0.3) is 11.3 Å². The molecule has 0 aromatic heterocycles. The number of nitrogens with zero attached hydrogens (tertiary/aromatic N) is 2. The quantitative estimate of drug-likeness (QED) is 0.439. The summed E-state index contributed by atoms with van der Waals surface area (Å²) in [5.41, 5.74) is 2.22. The number of rotatable bonds is 7. The Hall–Kier alpha value is -4.20. The van der Waals surface area contributed by atoms with Crippen molar-refractivity contribution >= 4 is 11.9 Å². The van der Waals surface area contributed by atoms with Crippen LogP contribution >= 0.6 is 0 Å². The number of aromatic nitrogens is 3. The van der Waals surface area contributed by atoms with Crippen molar-refractivity contribution in [2.24, 2.45) is 0 Å². The third-order valence-electron chi connectivity index (χ3n) is 5.19. The second-order valence-corrected chi connectivity index (χ2v) is 7.29. The first kappa shape index (κ1) is 21.0. The number of benzene rings is 2. The first-order chi connectivity index (χ1) is 15.6. The SMILES string of the molecule is COC(=O)c1cn(CCC(=O)NC(c2ccccc2)c2ccccc2)cc2c(=O)[nH]nc1-2. The van der Waals surface area contributed by atoms with Gasteiger partial charge in [-0.05, 0) is 11.1 Å². The molecular weight excluding hydrogens is 408 g/mol. The monoisotopic (exact) mass is 430 g/mol. The van der Waals surface area contributed by atoms with Gasteiger partial charge in [0.15, 0.2) is 0 Å². The molecule has 0 spiro atoms. The Morgan fingerprint density at radius 2 is 1.66 bits per heavy atom. The third-order valence-corrected chi connectivity index (χ3v) is 5.19. The number of aromatic amines is 1. The van der Waals surface area contributed by atoms with Crippen molar-refractivity contribution < 1.29 is 14.3 Å². The van der Waals surface area contributed by atoms with E-state index < -0.39 is 11.5 Å². The zero-order valence-electron chi connectivity index (χ0n) is 17.4. The lowest BCUT2D eigenvalue weighted by molar-refractivity contribution is -0.121. The predicted octanol–water partition coefficient (Wildman–Crippen LogP) is 2.76. The van der Waals surface area contributed by atoms with E-state index in [1.165, 1.54) is 13.3 Å². The summed E-state index contributed by atoms with van der Waals surface area (Å²) in [5.74, 6) is -0.766. The average molecular weight is 430 g/mol. The van der Waals surface area contributed by atoms with Crippen molar-refractivity contribution in [2.45, 2.75) is 19.0 Å². The maximum atomic E-state index is 12.8. The lowest BCUT2D eigenvalue weighted by atomic mass is 9.98. The Morgan fingerprint density at radius 1 is 1.03 bits per heavy atom. The Bertz CT molecular complexity index is 1210. The largest absolute Gasteiger partial charge is 0.465 e. The molecule has 4 rings (SSSR count). The molecule has 32 heavy (non-hydrogen) atoms. The Labute approximate surface area is 184 Å². The maximum Gasteiger partial charge on any atom is 0.341 e. The first-order valence-electron chi connectivity index (χ1n) is 10.1. The summed E-state index contributed by atoms with van der Waals surface area (Å²) < 4.78 is 6.43. The minimum Gasteiger partial charge on any atom is -0.465 e. The number of hydrogen-bond donors (Lipinski definition) is 2. The Kier molecular flexibility index (Phi) is 6.12. The van der Waals surface area contributed by atoms with E-state index in [2.05, 4.69) is 15.5 Å². The molecule has 0 saturated heterocycles. The molecule has 2 aromatic rings. The second kappa shape index (κ2) is 9.30. The van der Waals surface area contributed by atoms with Crippen LogP contribution in [0.4, 0.5) is 0 Å². The highest BCUT2D eigenvalue weighted by Crippen LogP contribution is 2.23. The van der Waals surface area contributed by atoms with Crippen LogP contribution in [0.5, 0.6) is 0 Å². The summed E-state index contributed by atoms with van der Waals surface area (Å²) >= 11 is 0. The van der Waals surface area contributed by atoms with Gasteiger partial charge in [0.1, 0.15) is 11.3 Å². The summed E-state index contributed by atoms with van der Waals surface area (Å²) in [6.45, 7) is 0.271. The molecule has 2 aliphatic rings. The predicted molar refractivity (Wildman–Crippen MR) is 118 cm³/mol. The van der Waals surface area contributed by atoms with Crippen LogP contribution in [-0.4, -0.2) is 33.8 Å². The molecule has 8 heteroatoms. The average Bonchev–Trinajstić information content (AvgIpc) is 3.22. The van der Waals surface area contributed by atoms with Gasteiger partial charge >= 0.3 is 5.97 Å². The second-order valence-electron chi connectivity index (χ2n) is 7.29. The first-order valence-corrected chi connectivity index (χ1v) is 10.1. The topological polar surface area (TPSA) is 106 Å². The fourth-order valence-electron chi connectivity index (χ4n) is 3.59. The van der Waals surface area contributed by atoms with Crippen molar-refractivity contribution in [3.63, 3.8) is 0 Å². The molecule has 162 valence electrons. The molecule has 0 saturated carbocycles. The van der Waals surface area contributed by atoms with Crippen LogP contribution in [-0.2, 0) is 16.1 Å². The van der Waals surface area contributed by atoms with Crippen LogP contribution in [0.3, 0.4) is 0 Å². The number of H-pyrrole nitrogens is 1. The Balaban J connectivity index is 1.53. The summed E-state index contributed by atoms with van der Waals surface area (Å²) in [4.78, 5) is 37.0. The van der Waals surface area contributed by atoms with Crippen LogP contribution in [0.15, 0.2) is 77.9 Å². The van der Waals surface area contributed by atoms with Crippen LogP contribution in [0.1, 0.15) is 33.9 Å². The van der Waals surface area contributed by atoms with Crippen molar-refractivity contribution in [3.8, 4) is 11.3 Å². The van der Waals surface area contributed by atoms with Crippen LogP contribution < -0.4 is 10.9 Å². The molecular formula is C24H22N4O4. The van der Waals surface area contributed by atoms with Gasteiger partial charge in [0, 0.05) is 25.4 Å². The van der Waals surface area contributed by atoms with Gasteiger partial charge in [-0.3, -0.25) is 9.59 Å². The van der Waals surface area contributed by atoms with Crippen molar-refractivity contribution in [2.75, 3.05) is 7.11 Å². The van der Waals surface area contributed by atoms with E-state index >= 15 is 0 Å². The van der Waals surface area contributed by atoms with E-state index in [0.717, 1.165) is 11.1 Å². The highest BCUT2D eigenvalue weighted by Gasteiger charge is 2.22. The molecule has 0 fully saturated rings. The molecule has 0 radical (unpaired) electrons. The van der Waals surface area contributed by atoms with Gasteiger partial charge in [-0.1, -0.05) is 60.7 Å². The number of carbonyl (C=O) groups excluding carboxylic acids is 2. The third kappa shape index (κ3) is 4.44. The minimum atomic E-state index is -0.603. The molecule has 8 nitrogen and oxygen atoms in total. The van der Waals surface area contributed by atoms with Crippen LogP contribution in [0, 0.1) is 0 Å². The lowest BCUT2D eigenvalue weighted by Crippen LogP contribution is -2.30. The molecule has 2 aromatic carbocycles. The van der Waals surface area contributed by atoms with Gasteiger partial charge in [0.25, 0.3) is 5.56 Å². The molecule has 2 N–H and O–H groups in total. The zero-order chi connectivity index (χ0) is 22.5. The van der Waals surface area contributed by atoms with E-state index in [4.69, 9.17) is 4.74 Å². The summed E-state index contributed by atoms with van der Waals surface area (Å²) in [6, 6.07) is 19.2. The fraction of sp³-hybridized carbons (Fsp3) is 0.167. The van der Waals surface area contributed by atoms with Gasteiger partial charge < -0.3 is 14.6 Å². The molecule has 0 aliphatic carbocycles. The highest BCUT2D eigenvalue weighted by molar-refractivity contribution is 5.95. The van der Waals surface area contributed by atoms with Gasteiger partial charge in [0.05, 0.1) is 18.7 Å². The summed E-state index contributed by atoms with van der Waals surface area (Å²) in [5, 5.41) is 9.33. The van der Waals surface area contributed by atoms with E-state index in [1.54, 1.807) is 10.8 Å². The van der Waals surface area contributed by atoms with E-state index in [0.29, 0.717) is 0 Å². The normalized spacial score (nSPS) is 10.9. The zero-order valence-corrected chi connectivity index (χ0v) is 17.4. The maximum absolute atomic E-state index is 12.8. The van der Waals surface area contributed by atoms with Gasteiger partial charge in [0.2, 0.25) is 5.91 Å². The number of esters is 1. The van der Waals surface area contributed by atoms with Gasteiger partial charge in [-0.2, -0.15) is 5.10 Å². The number of amides is 1. The molecule has 0 unspecified atom stereocenters. The number of hydrogen-bond acceptors (Lipinski definition) is 5. The molecule has 0 atom stereocenters. The summed E-state index contributed by atoms with van der Waals surface area (Å²) in [6.07, 6.45) is 3.26. The summed E-state index contributed by atoms with van der Waals surface area (Å²) in [7, 11) is 1.26. The fourth-order valence-corrected chi connectivity index (χ4v) is 3.59. The van der Waals surface area contributed by atoms with Gasteiger partial charge in [-0.15, -0.1) is 0 Å². The van der Waals surface area contributed by atoms with Crippen molar-refractivity contribution in [3.05, 3.63) is 100 Å². The molecule has 2 aliphatic heterocycles. The Morgan fingerprint density at radius 3 is 2.25 bits per heavy atom. The molecule has 0 bridgehead atoms. The highest BCUT2D eigenvalue weighted by atomic mass is 16.5. The van der Waals surface area contributed by atoms with Crippen molar-refractivity contribution in [1.29, 1.82) is 0 Å². The molecule has 2 heterocycles. The minimum absolute atomic E-state index is 0.152. The number of ether oxygens (including phenoxy) is 1. The van der Waals surface area contributed by atoms with E-state index in [1.807, 2.05) is 60.7 Å². The number of methoxy groups -OCH3 is 1. The standard InChI is InChI=1S/C24H22N4O4/c1-32-24(31)19-15-28(14-18-22(19)26-27-23(18)30)13-12-20(29)25-21(16-8-4-2-5-9-16)17-10-6-3-7-11-17/h2-11,14-15,21H,12-13H2,1H3,(H,25,29)(H,27,30). The van der Waals surface area contributed by atoms with Crippen LogP contribution in [0.2, 0.25) is 0 Å². The number of fused-ring (bicyclic) bond motifs is 1.